The van der Waals surface area contributed by atoms with Crippen LogP contribution in [0.1, 0.15) is 30.7 Å². The van der Waals surface area contributed by atoms with E-state index in [9.17, 15) is 0 Å². The van der Waals surface area contributed by atoms with Crippen LogP contribution in [-0.2, 0) is 20.1 Å². The summed E-state index contributed by atoms with van der Waals surface area (Å²) in [5.74, 6) is 0. The number of hydrogen-bond donors (Lipinski definition) is 1. The van der Waals surface area contributed by atoms with Crippen molar-refractivity contribution in [3.8, 4) is 0 Å². The number of rotatable bonds is 5. The van der Waals surface area contributed by atoms with Crippen molar-refractivity contribution in [3.63, 3.8) is 0 Å². The van der Waals surface area contributed by atoms with Gasteiger partial charge in [0.2, 0.25) is 0 Å². The highest BCUT2D eigenvalue weighted by Crippen LogP contribution is 2.08. The third-order valence-corrected chi connectivity index (χ3v) is 2.85. The molecule has 2 heterocycles. The molecule has 2 aromatic rings. The van der Waals surface area contributed by atoms with Crippen LogP contribution < -0.4 is 5.32 Å². The first-order chi connectivity index (χ1) is 8.54. The lowest BCUT2D eigenvalue weighted by Gasteiger charge is -2.06. The summed E-state index contributed by atoms with van der Waals surface area (Å²) >= 11 is 0. The Bertz CT molecular complexity index is 509. The molecule has 0 aliphatic rings. The molecule has 18 heavy (non-hydrogen) atoms. The highest BCUT2D eigenvalue weighted by atomic mass is 15.3. The van der Waals surface area contributed by atoms with Crippen LogP contribution in [0.3, 0.4) is 0 Å². The molecule has 0 aliphatic carbocycles. The van der Waals surface area contributed by atoms with Crippen molar-refractivity contribution < 1.29 is 0 Å². The van der Waals surface area contributed by atoms with Gasteiger partial charge in [0.05, 0.1) is 18.4 Å². The summed E-state index contributed by atoms with van der Waals surface area (Å²) in [4.78, 5) is 0. The van der Waals surface area contributed by atoms with E-state index in [4.69, 9.17) is 0 Å². The standard InChI is InChI=1S/C13H21N5/c1-10(2)14-6-13-9-18(16-11(13)3)8-12-5-15-17(4)7-12/h5,7,9-10,14H,6,8H2,1-4H3. The van der Waals surface area contributed by atoms with E-state index in [-0.39, 0.29) is 0 Å². The maximum absolute atomic E-state index is 4.53. The quantitative estimate of drug-likeness (QED) is 0.870. The molecule has 0 spiro atoms. The van der Waals surface area contributed by atoms with Crippen LogP contribution in [0.2, 0.25) is 0 Å². The smallest absolute Gasteiger partial charge is 0.0690 e. The van der Waals surface area contributed by atoms with Crippen LogP contribution in [0.25, 0.3) is 0 Å². The lowest BCUT2D eigenvalue weighted by atomic mass is 10.2. The Balaban J connectivity index is 2.04. The highest BCUT2D eigenvalue weighted by molar-refractivity contribution is 5.16. The Labute approximate surface area is 108 Å². The molecular weight excluding hydrogens is 226 g/mol. The number of aryl methyl sites for hydroxylation is 2. The van der Waals surface area contributed by atoms with Gasteiger partial charge in [0.15, 0.2) is 0 Å². The molecule has 5 nitrogen and oxygen atoms in total. The maximum atomic E-state index is 4.53. The van der Waals surface area contributed by atoms with Crippen molar-refractivity contribution in [1.82, 2.24) is 24.9 Å². The van der Waals surface area contributed by atoms with E-state index >= 15 is 0 Å². The Morgan fingerprint density at radius 2 is 2.11 bits per heavy atom. The van der Waals surface area contributed by atoms with Crippen LogP contribution >= 0.6 is 0 Å². The molecule has 2 aromatic heterocycles. The van der Waals surface area contributed by atoms with Crippen LogP contribution in [0.4, 0.5) is 0 Å². The minimum atomic E-state index is 0.492. The topological polar surface area (TPSA) is 47.7 Å². The third kappa shape index (κ3) is 3.20. The lowest BCUT2D eigenvalue weighted by molar-refractivity contribution is 0.587. The van der Waals surface area contributed by atoms with Crippen LogP contribution in [-0.4, -0.2) is 25.6 Å². The zero-order chi connectivity index (χ0) is 13.1. The van der Waals surface area contributed by atoms with Gasteiger partial charge < -0.3 is 5.32 Å². The van der Waals surface area contributed by atoms with E-state index in [2.05, 4.69) is 42.5 Å². The average Bonchev–Trinajstić information content (AvgIpc) is 2.83. The monoisotopic (exact) mass is 247 g/mol. The maximum Gasteiger partial charge on any atom is 0.0690 e. The SMILES string of the molecule is Cc1nn(Cc2cnn(C)c2)cc1CNC(C)C. The second-order valence-corrected chi connectivity index (χ2v) is 5.00. The Morgan fingerprint density at radius 1 is 1.33 bits per heavy atom. The van der Waals surface area contributed by atoms with Gasteiger partial charge in [0.1, 0.15) is 0 Å². The van der Waals surface area contributed by atoms with Crippen LogP contribution in [0, 0.1) is 6.92 Å². The molecule has 0 aromatic carbocycles. The first-order valence-electron chi connectivity index (χ1n) is 6.28. The fraction of sp³-hybridized carbons (Fsp3) is 0.538. The minimum absolute atomic E-state index is 0.492. The predicted octanol–water partition coefficient (Wildman–Crippen LogP) is 1.47. The summed E-state index contributed by atoms with van der Waals surface area (Å²) in [6, 6.07) is 0.492. The molecule has 0 radical (unpaired) electrons. The molecule has 0 bridgehead atoms. The highest BCUT2D eigenvalue weighted by Gasteiger charge is 2.06. The van der Waals surface area contributed by atoms with Crippen LogP contribution in [0.15, 0.2) is 18.6 Å². The molecule has 0 amide bonds. The van der Waals surface area contributed by atoms with Crippen molar-refractivity contribution >= 4 is 0 Å². The van der Waals surface area contributed by atoms with E-state index < -0.39 is 0 Å². The zero-order valence-electron chi connectivity index (χ0n) is 11.5. The molecule has 0 aliphatic heterocycles. The fourth-order valence-electron chi connectivity index (χ4n) is 1.87. The van der Waals surface area contributed by atoms with Crippen LogP contribution in [0.5, 0.6) is 0 Å². The summed E-state index contributed by atoms with van der Waals surface area (Å²) in [6.07, 6.45) is 6.00. The summed E-state index contributed by atoms with van der Waals surface area (Å²) < 4.78 is 3.79. The molecular formula is C13H21N5. The summed E-state index contributed by atoms with van der Waals surface area (Å²) in [6.45, 7) is 7.99. The van der Waals surface area contributed by atoms with Gasteiger partial charge in [0, 0.05) is 43.2 Å². The summed E-state index contributed by atoms with van der Waals surface area (Å²) in [5.41, 5.74) is 3.52. The van der Waals surface area contributed by atoms with Gasteiger partial charge in [-0.25, -0.2) is 0 Å². The van der Waals surface area contributed by atoms with Gasteiger partial charge in [-0.05, 0) is 6.92 Å². The van der Waals surface area contributed by atoms with Crippen molar-refractivity contribution in [2.45, 2.75) is 39.9 Å². The first-order valence-corrected chi connectivity index (χ1v) is 6.28. The first kappa shape index (κ1) is 12.8. The fourth-order valence-corrected chi connectivity index (χ4v) is 1.87. The van der Waals surface area contributed by atoms with Crippen molar-refractivity contribution in [3.05, 3.63) is 35.4 Å². The van der Waals surface area contributed by atoms with Gasteiger partial charge in [-0.3, -0.25) is 9.36 Å². The molecule has 98 valence electrons. The van der Waals surface area contributed by atoms with Crippen molar-refractivity contribution in [1.29, 1.82) is 0 Å². The molecule has 0 unspecified atom stereocenters. The van der Waals surface area contributed by atoms with Gasteiger partial charge in [-0.15, -0.1) is 0 Å². The van der Waals surface area contributed by atoms with Gasteiger partial charge in [0.25, 0.3) is 0 Å². The Morgan fingerprint density at radius 3 is 2.72 bits per heavy atom. The molecule has 5 heteroatoms. The molecule has 0 saturated heterocycles. The summed E-state index contributed by atoms with van der Waals surface area (Å²) in [5, 5.41) is 12.1. The number of aromatic nitrogens is 4. The van der Waals surface area contributed by atoms with Crippen molar-refractivity contribution in [2.24, 2.45) is 7.05 Å². The van der Waals surface area contributed by atoms with E-state index in [0.717, 1.165) is 18.8 Å². The molecule has 1 N–H and O–H groups in total. The third-order valence-electron chi connectivity index (χ3n) is 2.85. The summed E-state index contributed by atoms with van der Waals surface area (Å²) in [7, 11) is 1.93. The largest absolute Gasteiger partial charge is 0.310 e. The van der Waals surface area contributed by atoms with Gasteiger partial charge >= 0.3 is 0 Å². The molecule has 0 saturated carbocycles. The lowest BCUT2D eigenvalue weighted by Crippen LogP contribution is -2.21. The predicted molar refractivity (Wildman–Crippen MR) is 71.2 cm³/mol. The number of nitrogens with zero attached hydrogens (tertiary/aromatic N) is 4. The molecule has 0 atom stereocenters. The van der Waals surface area contributed by atoms with Crippen molar-refractivity contribution in [2.75, 3.05) is 0 Å². The zero-order valence-corrected chi connectivity index (χ0v) is 11.5. The van der Waals surface area contributed by atoms with Gasteiger partial charge in [-0.1, -0.05) is 13.8 Å². The molecule has 0 fully saturated rings. The average molecular weight is 247 g/mol. The van der Waals surface area contributed by atoms with E-state index in [1.54, 1.807) is 0 Å². The number of hydrogen-bond acceptors (Lipinski definition) is 3. The second kappa shape index (κ2) is 5.35. The molecule has 2 rings (SSSR count). The Hall–Kier alpha value is -1.62. The normalized spacial score (nSPS) is 11.4. The van der Waals surface area contributed by atoms with Gasteiger partial charge in [-0.2, -0.15) is 10.2 Å². The number of nitrogens with one attached hydrogen (secondary N) is 1. The minimum Gasteiger partial charge on any atom is -0.310 e. The second-order valence-electron chi connectivity index (χ2n) is 5.00. The van der Waals surface area contributed by atoms with E-state index in [0.29, 0.717) is 6.04 Å². The Kier molecular flexibility index (Phi) is 3.81. The van der Waals surface area contributed by atoms with E-state index in [1.807, 2.05) is 28.8 Å². The van der Waals surface area contributed by atoms with E-state index in [1.165, 1.54) is 11.1 Å².